The summed E-state index contributed by atoms with van der Waals surface area (Å²) in [4.78, 5) is 0. The monoisotopic (exact) mass is 168 g/mol. The van der Waals surface area contributed by atoms with Crippen molar-refractivity contribution in [2.75, 3.05) is 5.73 Å². The SMILES string of the molecule is Cc1c(N)cccc1C#N.Cl. The lowest BCUT2D eigenvalue weighted by Gasteiger charge is -1.98. The van der Waals surface area contributed by atoms with E-state index >= 15 is 0 Å². The molecule has 58 valence electrons. The molecule has 0 heterocycles. The molecular weight excluding hydrogens is 160 g/mol. The molecule has 2 N–H and O–H groups in total. The van der Waals surface area contributed by atoms with Gasteiger partial charge in [0.1, 0.15) is 0 Å². The van der Waals surface area contributed by atoms with Gasteiger partial charge < -0.3 is 5.73 Å². The molecule has 0 unspecified atom stereocenters. The summed E-state index contributed by atoms with van der Waals surface area (Å²) in [6.45, 7) is 1.84. The van der Waals surface area contributed by atoms with Gasteiger partial charge in [0, 0.05) is 5.69 Å². The molecule has 0 atom stereocenters. The molecule has 0 aromatic heterocycles. The minimum atomic E-state index is 0. The Bertz CT molecular complexity index is 289. The van der Waals surface area contributed by atoms with Crippen LogP contribution in [0.2, 0.25) is 0 Å². The van der Waals surface area contributed by atoms with E-state index in [1.54, 1.807) is 18.2 Å². The maximum atomic E-state index is 8.54. The first-order valence-corrected chi connectivity index (χ1v) is 3.01. The fourth-order valence-electron chi connectivity index (χ4n) is 0.775. The summed E-state index contributed by atoms with van der Waals surface area (Å²) in [6, 6.07) is 7.38. The van der Waals surface area contributed by atoms with Gasteiger partial charge in [-0.05, 0) is 24.6 Å². The minimum absolute atomic E-state index is 0. The summed E-state index contributed by atoms with van der Waals surface area (Å²) in [5.74, 6) is 0. The van der Waals surface area contributed by atoms with Gasteiger partial charge in [-0.2, -0.15) is 5.26 Å². The smallest absolute Gasteiger partial charge is 0.0995 e. The first-order valence-electron chi connectivity index (χ1n) is 3.01. The van der Waals surface area contributed by atoms with Crippen molar-refractivity contribution in [3.8, 4) is 6.07 Å². The lowest BCUT2D eigenvalue weighted by Crippen LogP contribution is -1.91. The van der Waals surface area contributed by atoms with Gasteiger partial charge in [0.2, 0.25) is 0 Å². The molecule has 0 aliphatic heterocycles. The highest BCUT2D eigenvalue weighted by atomic mass is 35.5. The Morgan fingerprint density at radius 3 is 2.55 bits per heavy atom. The number of nitrogens with zero attached hydrogens (tertiary/aromatic N) is 1. The number of hydrogen-bond acceptors (Lipinski definition) is 2. The number of halogens is 1. The maximum absolute atomic E-state index is 8.54. The number of nitriles is 1. The zero-order chi connectivity index (χ0) is 7.56. The number of nitrogen functional groups attached to an aromatic ring is 1. The number of hydrogen-bond donors (Lipinski definition) is 1. The number of rotatable bonds is 0. The Morgan fingerprint density at radius 1 is 1.45 bits per heavy atom. The minimum Gasteiger partial charge on any atom is -0.398 e. The molecule has 11 heavy (non-hydrogen) atoms. The summed E-state index contributed by atoms with van der Waals surface area (Å²) in [5.41, 5.74) is 7.74. The molecule has 0 saturated heterocycles. The highest BCUT2D eigenvalue weighted by molar-refractivity contribution is 5.85. The predicted molar refractivity (Wildman–Crippen MR) is 47.6 cm³/mol. The predicted octanol–water partition coefficient (Wildman–Crippen LogP) is 1.87. The molecule has 0 aliphatic rings. The normalized spacial score (nSPS) is 8.00. The molecule has 0 spiro atoms. The second-order valence-electron chi connectivity index (χ2n) is 2.13. The van der Waals surface area contributed by atoms with Crippen LogP contribution in [-0.4, -0.2) is 0 Å². The van der Waals surface area contributed by atoms with Crippen LogP contribution in [0.5, 0.6) is 0 Å². The zero-order valence-electron chi connectivity index (χ0n) is 6.16. The molecule has 0 radical (unpaired) electrons. The second-order valence-corrected chi connectivity index (χ2v) is 2.13. The van der Waals surface area contributed by atoms with Gasteiger partial charge in [-0.1, -0.05) is 6.07 Å². The Hall–Kier alpha value is -1.20. The topological polar surface area (TPSA) is 49.8 Å². The van der Waals surface area contributed by atoms with E-state index < -0.39 is 0 Å². The maximum Gasteiger partial charge on any atom is 0.0995 e. The second kappa shape index (κ2) is 3.85. The van der Waals surface area contributed by atoms with Gasteiger partial charge in [-0.25, -0.2) is 0 Å². The molecule has 1 aromatic carbocycles. The van der Waals surface area contributed by atoms with Crippen LogP contribution in [0.3, 0.4) is 0 Å². The fraction of sp³-hybridized carbons (Fsp3) is 0.125. The molecule has 2 nitrogen and oxygen atoms in total. The van der Waals surface area contributed by atoms with Gasteiger partial charge in [0.05, 0.1) is 11.6 Å². The van der Waals surface area contributed by atoms with Crippen molar-refractivity contribution in [1.29, 1.82) is 5.26 Å². The van der Waals surface area contributed by atoms with E-state index in [0.29, 0.717) is 11.3 Å². The third kappa shape index (κ3) is 1.86. The van der Waals surface area contributed by atoms with E-state index in [1.165, 1.54) is 0 Å². The Labute approximate surface area is 72.0 Å². The van der Waals surface area contributed by atoms with Gasteiger partial charge >= 0.3 is 0 Å². The van der Waals surface area contributed by atoms with Crippen molar-refractivity contribution in [1.82, 2.24) is 0 Å². The van der Waals surface area contributed by atoms with Crippen LogP contribution in [0, 0.1) is 18.3 Å². The number of anilines is 1. The van der Waals surface area contributed by atoms with Gasteiger partial charge in [-0.15, -0.1) is 12.4 Å². The summed E-state index contributed by atoms with van der Waals surface area (Å²) in [5, 5.41) is 8.54. The van der Waals surface area contributed by atoms with E-state index in [1.807, 2.05) is 6.92 Å². The highest BCUT2D eigenvalue weighted by Crippen LogP contribution is 2.13. The molecule has 0 fully saturated rings. The average molecular weight is 169 g/mol. The van der Waals surface area contributed by atoms with Gasteiger partial charge in [0.15, 0.2) is 0 Å². The first kappa shape index (κ1) is 9.80. The van der Waals surface area contributed by atoms with E-state index in [9.17, 15) is 0 Å². The van der Waals surface area contributed by atoms with E-state index in [-0.39, 0.29) is 12.4 Å². The fourth-order valence-corrected chi connectivity index (χ4v) is 0.775. The number of nitrogens with two attached hydrogens (primary N) is 1. The average Bonchev–Trinajstić information content (AvgIpc) is 1.95. The Kier molecular flexibility index (Phi) is 3.43. The summed E-state index contributed by atoms with van der Waals surface area (Å²) in [6.07, 6.45) is 0. The lowest BCUT2D eigenvalue weighted by atomic mass is 10.1. The van der Waals surface area contributed by atoms with Crippen LogP contribution < -0.4 is 5.73 Å². The van der Waals surface area contributed by atoms with E-state index in [4.69, 9.17) is 11.0 Å². The lowest BCUT2D eigenvalue weighted by molar-refractivity contribution is 1.40. The third-order valence-corrected chi connectivity index (χ3v) is 1.50. The summed E-state index contributed by atoms with van der Waals surface area (Å²) < 4.78 is 0. The van der Waals surface area contributed by atoms with E-state index in [0.717, 1.165) is 5.56 Å². The van der Waals surface area contributed by atoms with Crippen LogP contribution in [0.15, 0.2) is 18.2 Å². The Balaban J connectivity index is 0.000001000. The Morgan fingerprint density at radius 2 is 2.09 bits per heavy atom. The first-order chi connectivity index (χ1) is 4.75. The van der Waals surface area contributed by atoms with Crippen LogP contribution in [-0.2, 0) is 0 Å². The van der Waals surface area contributed by atoms with Crippen molar-refractivity contribution in [2.45, 2.75) is 6.92 Å². The quantitative estimate of drug-likeness (QED) is 0.602. The van der Waals surface area contributed by atoms with Crippen molar-refractivity contribution in [3.63, 3.8) is 0 Å². The van der Waals surface area contributed by atoms with Crippen LogP contribution in [0.25, 0.3) is 0 Å². The van der Waals surface area contributed by atoms with Crippen molar-refractivity contribution < 1.29 is 0 Å². The van der Waals surface area contributed by atoms with Crippen molar-refractivity contribution >= 4 is 18.1 Å². The largest absolute Gasteiger partial charge is 0.398 e. The highest BCUT2D eigenvalue weighted by Gasteiger charge is 1.97. The zero-order valence-corrected chi connectivity index (χ0v) is 6.98. The standard InChI is InChI=1S/C8H8N2.ClH/c1-6-7(5-9)3-2-4-8(6)10;/h2-4H,10H2,1H3;1H. The summed E-state index contributed by atoms with van der Waals surface area (Å²) in [7, 11) is 0. The molecule has 0 aliphatic carbocycles. The van der Waals surface area contributed by atoms with Crippen molar-refractivity contribution in [2.24, 2.45) is 0 Å². The molecule has 0 bridgehead atoms. The third-order valence-electron chi connectivity index (χ3n) is 1.50. The molecule has 0 saturated carbocycles. The number of benzene rings is 1. The molecule has 1 rings (SSSR count). The molecule has 0 amide bonds. The molecule has 3 heteroatoms. The van der Waals surface area contributed by atoms with E-state index in [2.05, 4.69) is 6.07 Å². The summed E-state index contributed by atoms with van der Waals surface area (Å²) >= 11 is 0. The molecule has 1 aromatic rings. The van der Waals surface area contributed by atoms with Crippen LogP contribution in [0.4, 0.5) is 5.69 Å². The van der Waals surface area contributed by atoms with Crippen LogP contribution in [0.1, 0.15) is 11.1 Å². The van der Waals surface area contributed by atoms with Crippen molar-refractivity contribution in [3.05, 3.63) is 29.3 Å². The van der Waals surface area contributed by atoms with Gasteiger partial charge in [0.25, 0.3) is 0 Å². The van der Waals surface area contributed by atoms with Gasteiger partial charge in [-0.3, -0.25) is 0 Å². The molecular formula is C8H9ClN2. The van der Waals surface area contributed by atoms with Crippen LogP contribution >= 0.6 is 12.4 Å².